The van der Waals surface area contributed by atoms with Crippen molar-refractivity contribution in [3.05, 3.63) is 29.8 Å². The summed E-state index contributed by atoms with van der Waals surface area (Å²) in [7, 11) is 0. The number of carbonyl (C=O) groups is 1. The number of carbonyl (C=O) groups excluding carboxylic acids is 1. The molecule has 3 rings (SSSR count). The number of hydrogen-bond acceptors (Lipinski definition) is 3. The molecule has 2 aliphatic rings. The van der Waals surface area contributed by atoms with Crippen molar-refractivity contribution in [2.24, 2.45) is 5.92 Å². The molecule has 0 spiro atoms. The lowest BCUT2D eigenvalue weighted by atomic mass is 9.86. The van der Waals surface area contributed by atoms with E-state index >= 15 is 0 Å². The summed E-state index contributed by atoms with van der Waals surface area (Å²) in [5.41, 5.74) is 2.18. The number of hydrogen-bond donors (Lipinski definition) is 3. The molecule has 0 bridgehead atoms. The number of benzene rings is 1. The number of amides is 1. The molecule has 1 saturated carbocycles. The van der Waals surface area contributed by atoms with Crippen LogP contribution in [0.15, 0.2) is 24.3 Å². The Bertz CT molecular complexity index is 503. The molecule has 0 radical (unpaired) electrons. The Kier molecular flexibility index (Phi) is 4.44. The molecule has 1 aromatic carbocycles. The zero-order valence-electron chi connectivity index (χ0n) is 12.3. The minimum absolute atomic E-state index is 0.0454. The first-order valence-corrected chi connectivity index (χ1v) is 8.02. The molecule has 3 N–H and O–H groups in total. The third-order valence-corrected chi connectivity index (χ3v) is 4.72. The maximum atomic E-state index is 12.5. The molecular formula is C17H24N2O2. The molecule has 1 aromatic rings. The molecule has 1 fully saturated rings. The lowest BCUT2D eigenvalue weighted by Gasteiger charge is -2.29. The van der Waals surface area contributed by atoms with Gasteiger partial charge in [-0.1, -0.05) is 24.6 Å². The van der Waals surface area contributed by atoms with Gasteiger partial charge < -0.3 is 15.7 Å². The van der Waals surface area contributed by atoms with Crippen LogP contribution in [0.2, 0.25) is 0 Å². The van der Waals surface area contributed by atoms with Crippen LogP contribution in [0.25, 0.3) is 0 Å². The van der Waals surface area contributed by atoms with Crippen molar-refractivity contribution >= 4 is 11.6 Å². The number of rotatable bonds is 3. The summed E-state index contributed by atoms with van der Waals surface area (Å²) < 4.78 is 0. The molecule has 1 aliphatic heterocycles. The van der Waals surface area contributed by atoms with E-state index < -0.39 is 0 Å². The van der Waals surface area contributed by atoms with E-state index in [0.29, 0.717) is 12.5 Å². The molecule has 0 aromatic heterocycles. The van der Waals surface area contributed by atoms with Gasteiger partial charge in [0.05, 0.1) is 12.0 Å². The summed E-state index contributed by atoms with van der Waals surface area (Å²) in [4.78, 5) is 12.5. The van der Waals surface area contributed by atoms with Crippen LogP contribution < -0.4 is 10.6 Å². The van der Waals surface area contributed by atoms with Gasteiger partial charge in [0.2, 0.25) is 5.91 Å². The fraction of sp³-hybridized carbons (Fsp3) is 0.588. The summed E-state index contributed by atoms with van der Waals surface area (Å²) in [6.07, 6.45) is 4.57. The normalized spacial score (nSPS) is 28.3. The van der Waals surface area contributed by atoms with E-state index in [1.54, 1.807) is 0 Å². The van der Waals surface area contributed by atoms with Gasteiger partial charge in [-0.2, -0.15) is 0 Å². The molecule has 4 heteroatoms. The number of aliphatic hydroxyl groups excluding tert-OH is 1. The highest BCUT2D eigenvalue weighted by Crippen LogP contribution is 2.31. The molecule has 114 valence electrons. The second kappa shape index (κ2) is 6.48. The zero-order chi connectivity index (χ0) is 14.7. The number of anilines is 1. The molecule has 0 saturated heterocycles. The molecule has 1 aliphatic carbocycles. The third kappa shape index (κ3) is 3.38. The first-order chi connectivity index (χ1) is 10.2. The van der Waals surface area contributed by atoms with Gasteiger partial charge in [-0.3, -0.25) is 4.79 Å². The Morgan fingerprint density at radius 1 is 1.29 bits per heavy atom. The Morgan fingerprint density at radius 3 is 3.00 bits per heavy atom. The van der Waals surface area contributed by atoms with Crippen LogP contribution in [0.1, 0.15) is 43.6 Å². The van der Waals surface area contributed by atoms with Crippen molar-refractivity contribution in [2.45, 2.75) is 44.1 Å². The van der Waals surface area contributed by atoms with Crippen LogP contribution in [0, 0.1) is 5.92 Å². The van der Waals surface area contributed by atoms with Crippen LogP contribution in [0.3, 0.4) is 0 Å². The van der Waals surface area contributed by atoms with E-state index in [1.807, 2.05) is 24.3 Å². The van der Waals surface area contributed by atoms with E-state index in [2.05, 4.69) is 10.6 Å². The van der Waals surface area contributed by atoms with Crippen molar-refractivity contribution in [2.75, 3.05) is 18.4 Å². The second-order valence-corrected chi connectivity index (χ2v) is 6.29. The van der Waals surface area contributed by atoms with Gasteiger partial charge in [-0.25, -0.2) is 0 Å². The summed E-state index contributed by atoms with van der Waals surface area (Å²) in [5, 5.41) is 16.2. The summed E-state index contributed by atoms with van der Waals surface area (Å²) >= 11 is 0. The van der Waals surface area contributed by atoms with Gasteiger partial charge in [0.1, 0.15) is 0 Å². The SMILES string of the molecule is O=C(NCC1CCCC(O)C1)C1CCNc2ccccc21. The number of para-hydroxylation sites is 1. The molecule has 21 heavy (non-hydrogen) atoms. The number of nitrogens with one attached hydrogen (secondary N) is 2. The molecule has 1 heterocycles. The van der Waals surface area contributed by atoms with E-state index in [0.717, 1.165) is 49.9 Å². The van der Waals surface area contributed by atoms with Crippen molar-refractivity contribution in [3.8, 4) is 0 Å². The molecule has 3 unspecified atom stereocenters. The Hall–Kier alpha value is -1.55. The average Bonchev–Trinajstić information content (AvgIpc) is 2.52. The standard InChI is InChI=1S/C17H24N2O2/c20-13-5-3-4-12(10-13)11-19-17(21)15-8-9-18-16-7-2-1-6-14(15)16/h1-2,6-7,12-13,15,18,20H,3-5,8-11H2,(H,19,21). The van der Waals surface area contributed by atoms with E-state index in [4.69, 9.17) is 0 Å². The fourth-order valence-corrected chi connectivity index (χ4v) is 3.56. The molecule has 4 nitrogen and oxygen atoms in total. The van der Waals surface area contributed by atoms with Gasteiger partial charge >= 0.3 is 0 Å². The Balaban J connectivity index is 1.59. The Morgan fingerprint density at radius 2 is 2.14 bits per heavy atom. The largest absolute Gasteiger partial charge is 0.393 e. The highest BCUT2D eigenvalue weighted by molar-refractivity contribution is 5.86. The maximum absolute atomic E-state index is 12.5. The second-order valence-electron chi connectivity index (χ2n) is 6.29. The maximum Gasteiger partial charge on any atom is 0.227 e. The van der Waals surface area contributed by atoms with Gasteiger partial charge in [0, 0.05) is 18.8 Å². The summed E-state index contributed by atoms with van der Waals surface area (Å²) in [5.74, 6) is 0.509. The lowest BCUT2D eigenvalue weighted by Crippen LogP contribution is -2.37. The minimum atomic E-state index is -0.180. The lowest BCUT2D eigenvalue weighted by molar-refractivity contribution is -0.123. The van der Waals surface area contributed by atoms with Gasteiger partial charge in [0.25, 0.3) is 0 Å². The predicted molar refractivity (Wildman–Crippen MR) is 83.3 cm³/mol. The topological polar surface area (TPSA) is 61.4 Å². The first-order valence-electron chi connectivity index (χ1n) is 8.02. The van der Waals surface area contributed by atoms with Crippen LogP contribution >= 0.6 is 0 Å². The third-order valence-electron chi connectivity index (χ3n) is 4.72. The first kappa shape index (κ1) is 14.4. The van der Waals surface area contributed by atoms with Crippen molar-refractivity contribution in [3.63, 3.8) is 0 Å². The molecular weight excluding hydrogens is 264 g/mol. The smallest absolute Gasteiger partial charge is 0.227 e. The van der Waals surface area contributed by atoms with Crippen molar-refractivity contribution in [1.29, 1.82) is 0 Å². The monoisotopic (exact) mass is 288 g/mol. The highest BCUT2D eigenvalue weighted by atomic mass is 16.3. The zero-order valence-corrected chi connectivity index (χ0v) is 12.3. The number of aliphatic hydroxyl groups is 1. The minimum Gasteiger partial charge on any atom is -0.393 e. The van der Waals surface area contributed by atoms with Crippen LogP contribution in [-0.2, 0) is 4.79 Å². The van der Waals surface area contributed by atoms with Crippen molar-refractivity contribution < 1.29 is 9.90 Å². The molecule has 1 amide bonds. The Labute approximate surface area is 125 Å². The van der Waals surface area contributed by atoms with Crippen molar-refractivity contribution in [1.82, 2.24) is 5.32 Å². The van der Waals surface area contributed by atoms with E-state index in [9.17, 15) is 9.90 Å². The van der Waals surface area contributed by atoms with Crippen LogP contribution in [0.5, 0.6) is 0 Å². The summed E-state index contributed by atoms with van der Waals surface area (Å²) in [6, 6.07) is 8.06. The predicted octanol–water partition coefficient (Wildman–Crippen LogP) is 2.25. The van der Waals surface area contributed by atoms with Gasteiger partial charge in [-0.15, -0.1) is 0 Å². The fourth-order valence-electron chi connectivity index (χ4n) is 3.56. The van der Waals surface area contributed by atoms with Crippen LogP contribution in [0.4, 0.5) is 5.69 Å². The van der Waals surface area contributed by atoms with E-state index in [-0.39, 0.29) is 17.9 Å². The average molecular weight is 288 g/mol. The van der Waals surface area contributed by atoms with Gasteiger partial charge in [-0.05, 0) is 43.2 Å². The summed E-state index contributed by atoms with van der Waals surface area (Å²) in [6.45, 7) is 1.54. The van der Waals surface area contributed by atoms with Crippen LogP contribution in [-0.4, -0.2) is 30.2 Å². The van der Waals surface area contributed by atoms with Gasteiger partial charge in [0.15, 0.2) is 0 Å². The highest BCUT2D eigenvalue weighted by Gasteiger charge is 2.27. The van der Waals surface area contributed by atoms with E-state index in [1.165, 1.54) is 0 Å². The quantitative estimate of drug-likeness (QED) is 0.799. The molecule has 3 atom stereocenters. The number of fused-ring (bicyclic) bond motifs is 1.